The minimum absolute atomic E-state index is 0.138. The van der Waals surface area contributed by atoms with Crippen LogP contribution in [0.5, 0.6) is 0 Å². The van der Waals surface area contributed by atoms with E-state index in [4.69, 9.17) is 0 Å². The maximum absolute atomic E-state index is 13.4. The average molecular weight is 300 g/mol. The summed E-state index contributed by atoms with van der Waals surface area (Å²) in [5, 5.41) is 3.37. The molecule has 1 aromatic rings. The van der Waals surface area contributed by atoms with Gasteiger partial charge in [-0.2, -0.15) is 0 Å². The molecule has 0 heterocycles. The first-order chi connectivity index (χ1) is 8.06. The van der Waals surface area contributed by atoms with Crippen LogP contribution in [0.25, 0.3) is 0 Å². The van der Waals surface area contributed by atoms with E-state index in [2.05, 4.69) is 41.7 Å². The van der Waals surface area contributed by atoms with E-state index in [0.717, 1.165) is 29.4 Å². The minimum atomic E-state index is -0.209. The Morgan fingerprint density at radius 3 is 2.65 bits per heavy atom. The van der Waals surface area contributed by atoms with Crippen molar-refractivity contribution in [2.75, 3.05) is 6.54 Å². The van der Waals surface area contributed by atoms with Crippen LogP contribution in [0.3, 0.4) is 0 Å². The first-order valence-corrected chi connectivity index (χ1v) is 6.72. The quantitative estimate of drug-likeness (QED) is 0.757. The number of benzene rings is 1. The zero-order chi connectivity index (χ0) is 12.8. The van der Waals surface area contributed by atoms with Gasteiger partial charge in [-0.3, -0.25) is 0 Å². The molecule has 1 aromatic carbocycles. The second-order valence-electron chi connectivity index (χ2n) is 4.12. The van der Waals surface area contributed by atoms with Gasteiger partial charge in [0.25, 0.3) is 0 Å². The molecule has 17 heavy (non-hydrogen) atoms. The molecule has 0 aliphatic heterocycles. The van der Waals surface area contributed by atoms with Gasteiger partial charge in [0.1, 0.15) is 5.82 Å². The fourth-order valence-electron chi connectivity index (χ4n) is 1.76. The van der Waals surface area contributed by atoms with E-state index in [1.54, 1.807) is 6.07 Å². The molecule has 1 unspecified atom stereocenters. The Morgan fingerprint density at radius 2 is 2.12 bits per heavy atom. The lowest BCUT2D eigenvalue weighted by atomic mass is 9.98. The van der Waals surface area contributed by atoms with Gasteiger partial charge in [-0.25, -0.2) is 4.39 Å². The van der Waals surface area contributed by atoms with Crippen LogP contribution in [-0.2, 0) is 0 Å². The van der Waals surface area contributed by atoms with E-state index in [1.165, 1.54) is 11.6 Å². The molecule has 0 spiro atoms. The van der Waals surface area contributed by atoms with Crippen molar-refractivity contribution in [1.29, 1.82) is 0 Å². The third-order valence-electron chi connectivity index (χ3n) is 2.73. The standard InChI is InChI=1S/C14H19BrFN/c1-4-10(3)6-14(17-5-2)11-7-12(15)9-13(16)8-11/h7-9,14,17H,3-6H2,1-2H3. The Labute approximate surface area is 111 Å². The maximum atomic E-state index is 13.4. The van der Waals surface area contributed by atoms with Crippen LogP contribution in [0.4, 0.5) is 4.39 Å². The van der Waals surface area contributed by atoms with Gasteiger partial charge in [-0.15, -0.1) is 0 Å². The van der Waals surface area contributed by atoms with Crippen molar-refractivity contribution in [2.45, 2.75) is 32.7 Å². The normalized spacial score (nSPS) is 12.5. The fraction of sp³-hybridized carbons (Fsp3) is 0.429. The molecular weight excluding hydrogens is 281 g/mol. The first kappa shape index (κ1) is 14.4. The van der Waals surface area contributed by atoms with Crippen LogP contribution < -0.4 is 5.32 Å². The Kier molecular flexibility index (Phi) is 5.86. The molecule has 1 rings (SSSR count). The number of nitrogens with one attached hydrogen (secondary N) is 1. The van der Waals surface area contributed by atoms with E-state index in [-0.39, 0.29) is 11.9 Å². The highest BCUT2D eigenvalue weighted by molar-refractivity contribution is 9.10. The highest BCUT2D eigenvalue weighted by Crippen LogP contribution is 2.25. The van der Waals surface area contributed by atoms with Gasteiger partial charge in [-0.05, 0) is 43.1 Å². The number of hydrogen-bond acceptors (Lipinski definition) is 1. The molecule has 3 heteroatoms. The molecule has 1 N–H and O–H groups in total. The highest BCUT2D eigenvalue weighted by atomic mass is 79.9. The smallest absolute Gasteiger partial charge is 0.124 e. The van der Waals surface area contributed by atoms with Crippen molar-refractivity contribution < 1.29 is 4.39 Å². The molecule has 1 atom stereocenters. The van der Waals surface area contributed by atoms with Crippen molar-refractivity contribution in [3.63, 3.8) is 0 Å². The largest absolute Gasteiger partial charge is 0.310 e. The molecule has 0 aliphatic carbocycles. The molecule has 0 radical (unpaired) electrons. The van der Waals surface area contributed by atoms with E-state index >= 15 is 0 Å². The van der Waals surface area contributed by atoms with Crippen molar-refractivity contribution in [1.82, 2.24) is 5.32 Å². The summed E-state index contributed by atoms with van der Waals surface area (Å²) in [5.74, 6) is -0.209. The predicted molar refractivity (Wildman–Crippen MR) is 74.6 cm³/mol. The van der Waals surface area contributed by atoms with Gasteiger partial charge < -0.3 is 5.32 Å². The Morgan fingerprint density at radius 1 is 1.41 bits per heavy atom. The molecule has 0 fully saturated rings. The summed E-state index contributed by atoms with van der Waals surface area (Å²) in [4.78, 5) is 0. The molecule has 0 saturated carbocycles. The lowest BCUT2D eigenvalue weighted by Crippen LogP contribution is -2.21. The van der Waals surface area contributed by atoms with Crippen LogP contribution in [0.15, 0.2) is 34.8 Å². The van der Waals surface area contributed by atoms with Gasteiger partial charge in [0.05, 0.1) is 0 Å². The molecule has 0 amide bonds. The van der Waals surface area contributed by atoms with Crippen molar-refractivity contribution >= 4 is 15.9 Å². The average Bonchev–Trinajstić information content (AvgIpc) is 2.27. The number of rotatable bonds is 6. The summed E-state index contributed by atoms with van der Waals surface area (Å²) in [5.41, 5.74) is 2.14. The highest BCUT2D eigenvalue weighted by Gasteiger charge is 2.12. The SMILES string of the molecule is C=C(CC)CC(NCC)c1cc(F)cc(Br)c1. The summed E-state index contributed by atoms with van der Waals surface area (Å²) < 4.78 is 14.1. The molecule has 0 aromatic heterocycles. The van der Waals surface area contributed by atoms with Crippen molar-refractivity contribution in [3.05, 3.63) is 46.2 Å². The van der Waals surface area contributed by atoms with Crippen LogP contribution in [-0.4, -0.2) is 6.54 Å². The van der Waals surface area contributed by atoms with Gasteiger partial charge in [0, 0.05) is 10.5 Å². The van der Waals surface area contributed by atoms with Crippen LogP contribution in [0.1, 0.15) is 38.3 Å². The van der Waals surface area contributed by atoms with Gasteiger partial charge in [-0.1, -0.05) is 41.9 Å². The molecule has 0 bridgehead atoms. The van der Waals surface area contributed by atoms with E-state index in [9.17, 15) is 4.39 Å². The predicted octanol–water partition coefficient (Wildman–Crippen LogP) is 4.60. The molecule has 1 nitrogen and oxygen atoms in total. The molecule has 94 valence electrons. The zero-order valence-corrected chi connectivity index (χ0v) is 12.0. The number of hydrogen-bond donors (Lipinski definition) is 1. The summed E-state index contributed by atoms with van der Waals surface area (Å²) in [6, 6.07) is 5.15. The number of halogens is 2. The molecule has 0 aliphatic rings. The van der Waals surface area contributed by atoms with Crippen LogP contribution >= 0.6 is 15.9 Å². The summed E-state index contributed by atoms with van der Waals surface area (Å²) in [6.07, 6.45) is 1.80. The molecular formula is C14H19BrFN. The topological polar surface area (TPSA) is 12.0 Å². The monoisotopic (exact) mass is 299 g/mol. The van der Waals surface area contributed by atoms with Crippen molar-refractivity contribution in [2.24, 2.45) is 0 Å². The zero-order valence-electron chi connectivity index (χ0n) is 10.4. The lowest BCUT2D eigenvalue weighted by molar-refractivity contribution is 0.536. The maximum Gasteiger partial charge on any atom is 0.124 e. The van der Waals surface area contributed by atoms with Gasteiger partial charge in [0.15, 0.2) is 0 Å². The van der Waals surface area contributed by atoms with E-state index in [1.807, 2.05) is 6.07 Å². The Balaban J connectivity index is 2.91. The lowest BCUT2D eigenvalue weighted by Gasteiger charge is -2.19. The summed E-state index contributed by atoms with van der Waals surface area (Å²) >= 11 is 3.33. The summed E-state index contributed by atoms with van der Waals surface area (Å²) in [7, 11) is 0. The Hall–Kier alpha value is -0.670. The third kappa shape index (κ3) is 4.60. The van der Waals surface area contributed by atoms with Gasteiger partial charge >= 0.3 is 0 Å². The van der Waals surface area contributed by atoms with Crippen molar-refractivity contribution in [3.8, 4) is 0 Å². The van der Waals surface area contributed by atoms with E-state index in [0.29, 0.717) is 0 Å². The third-order valence-corrected chi connectivity index (χ3v) is 3.19. The van der Waals surface area contributed by atoms with E-state index < -0.39 is 0 Å². The second-order valence-corrected chi connectivity index (χ2v) is 5.04. The van der Waals surface area contributed by atoms with Gasteiger partial charge in [0.2, 0.25) is 0 Å². The Bertz CT molecular complexity index is 370. The first-order valence-electron chi connectivity index (χ1n) is 5.92. The minimum Gasteiger partial charge on any atom is -0.310 e. The fourth-order valence-corrected chi connectivity index (χ4v) is 2.25. The second kappa shape index (κ2) is 6.92. The molecule has 0 saturated heterocycles. The van der Waals surface area contributed by atoms with Crippen LogP contribution in [0, 0.1) is 5.82 Å². The van der Waals surface area contributed by atoms with Crippen LogP contribution in [0.2, 0.25) is 0 Å². The summed E-state index contributed by atoms with van der Waals surface area (Å²) in [6.45, 7) is 9.02.